The fourth-order valence-corrected chi connectivity index (χ4v) is 4.76. The number of aromatic nitrogens is 1. The van der Waals surface area contributed by atoms with Gasteiger partial charge in [0.15, 0.2) is 4.34 Å². The maximum atomic E-state index is 5.56. The third kappa shape index (κ3) is 2.99. The molecule has 3 nitrogen and oxygen atoms in total. The molecule has 0 fully saturated rings. The van der Waals surface area contributed by atoms with Gasteiger partial charge in [-0.2, -0.15) is 0 Å². The summed E-state index contributed by atoms with van der Waals surface area (Å²) >= 11 is 3.50. The Bertz CT molecular complexity index is 861. The highest BCUT2D eigenvalue weighted by Gasteiger charge is 2.19. The Morgan fingerprint density at radius 3 is 3.17 bits per heavy atom. The molecule has 2 heterocycles. The van der Waals surface area contributed by atoms with Gasteiger partial charge in [0, 0.05) is 12.0 Å². The van der Waals surface area contributed by atoms with Crippen molar-refractivity contribution in [2.24, 2.45) is 4.99 Å². The van der Waals surface area contributed by atoms with Crippen LogP contribution in [0.1, 0.15) is 6.92 Å². The molecule has 2 aliphatic rings. The summed E-state index contributed by atoms with van der Waals surface area (Å²) in [5.74, 6) is 1.82. The summed E-state index contributed by atoms with van der Waals surface area (Å²) in [6.07, 6.45) is 10.5. The van der Waals surface area contributed by atoms with Gasteiger partial charge in [-0.3, -0.25) is 4.99 Å². The number of rotatable bonds is 5. The summed E-state index contributed by atoms with van der Waals surface area (Å²) < 4.78 is 7.82. The lowest BCUT2D eigenvalue weighted by molar-refractivity contribution is 0.341. The van der Waals surface area contributed by atoms with Gasteiger partial charge in [-0.25, -0.2) is 4.98 Å². The number of thiazole rings is 1. The molecule has 1 aliphatic heterocycles. The first-order chi connectivity index (χ1) is 11.3. The predicted molar refractivity (Wildman–Crippen MR) is 99.1 cm³/mol. The van der Waals surface area contributed by atoms with Crippen LogP contribution in [0.15, 0.2) is 63.0 Å². The van der Waals surface area contributed by atoms with E-state index in [1.54, 1.807) is 23.1 Å². The summed E-state index contributed by atoms with van der Waals surface area (Å²) in [5, 5.41) is 0. The van der Waals surface area contributed by atoms with Crippen molar-refractivity contribution < 1.29 is 4.74 Å². The first-order valence-electron chi connectivity index (χ1n) is 7.61. The van der Waals surface area contributed by atoms with Crippen LogP contribution in [0.5, 0.6) is 5.75 Å². The Kier molecular flexibility index (Phi) is 4.06. The molecule has 0 radical (unpaired) electrons. The molecule has 116 valence electrons. The van der Waals surface area contributed by atoms with E-state index in [2.05, 4.69) is 35.4 Å². The number of nitrogens with zero attached hydrogens (tertiary/aromatic N) is 2. The van der Waals surface area contributed by atoms with Gasteiger partial charge < -0.3 is 4.74 Å². The molecule has 1 aliphatic carbocycles. The van der Waals surface area contributed by atoms with Gasteiger partial charge >= 0.3 is 0 Å². The molecule has 1 unspecified atom stereocenters. The number of aliphatic imine (C=N–C) groups is 1. The molecule has 0 saturated carbocycles. The lowest BCUT2D eigenvalue weighted by atomic mass is 10.0. The molecule has 0 spiro atoms. The Morgan fingerprint density at radius 1 is 1.30 bits per heavy atom. The minimum absolute atomic E-state index is 0.222. The Hall–Kier alpha value is -1.85. The van der Waals surface area contributed by atoms with E-state index in [1.165, 1.54) is 15.8 Å². The molecule has 0 saturated heterocycles. The fourth-order valence-electron chi connectivity index (χ4n) is 2.66. The zero-order valence-electron chi connectivity index (χ0n) is 12.7. The number of fused-ring (bicyclic) bond motifs is 2. The van der Waals surface area contributed by atoms with E-state index in [4.69, 9.17) is 9.72 Å². The van der Waals surface area contributed by atoms with Crippen LogP contribution in [0.25, 0.3) is 10.2 Å². The zero-order valence-corrected chi connectivity index (χ0v) is 14.4. The van der Waals surface area contributed by atoms with Gasteiger partial charge in [0.05, 0.1) is 22.9 Å². The van der Waals surface area contributed by atoms with Crippen LogP contribution in [0.3, 0.4) is 0 Å². The molecular formula is C18H16N2OS2. The SMILES string of the molecule is CCOc1ccc2nc(SCC3=C4C=CC=CC4N=C3)sc2c1. The maximum Gasteiger partial charge on any atom is 0.151 e. The van der Waals surface area contributed by atoms with Crippen molar-refractivity contribution in [3.05, 3.63) is 53.6 Å². The van der Waals surface area contributed by atoms with Crippen LogP contribution < -0.4 is 4.74 Å². The van der Waals surface area contributed by atoms with Crippen molar-refractivity contribution in [3.8, 4) is 5.75 Å². The second kappa shape index (κ2) is 6.34. The van der Waals surface area contributed by atoms with E-state index in [-0.39, 0.29) is 6.04 Å². The molecule has 5 heteroatoms. The van der Waals surface area contributed by atoms with Crippen molar-refractivity contribution in [3.63, 3.8) is 0 Å². The molecule has 1 aromatic carbocycles. The van der Waals surface area contributed by atoms with Crippen LogP contribution in [-0.4, -0.2) is 29.6 Å². The van der Waals surface area contributed by atoms with Crippen molar-refractivity contribution in [1.29, 1.82) is 0 Å². The third-order valence-corrected chi connectivity index (χ3v) is 5.97. The van der Waals surface area contributed by atoms with Gasteiger partial charge in [-0.05, 0) is 36.3 Å². The molecule has 1 atom stereocenters. The molecular weight excluding hydrogens is 324 g/mol. The Balaban J connectivity index is 1.51. The van der Waals surface area contributed by atoms with Gasteiger partial charge in [0.25, 0.3) is 0 Å². The summed E-state index contributed by atoms with van der Waals surface area (Å²) in [5.41, 5.74) is 3.66. The second-order valence-electron chi connectivity index (χ2n) is 5.28. The van der Waals surface area contributed by atoms with Gasteiger partial charge in [-0.1, -0.05) is 36.1 Å². The topological polar surface area (TPSA) is 34.5 Å². The minimum atomic E-state index is 0.222. The summed E-state index contributed by atoms with van der Waals surface area (Å²) in [6.45, 7) is 2.68. The maximum absolute atomic E-state index is 5.56. The minimum Gasteiger partial charge on any atom is -0.494 e. The monoisotopic (exact) mass is 340 g/mol. The van der Waals surface area contributed by atoms with Gasteiger partial charge in [0.1, 0.15) is 5.75 Å². The first kappa shape index (κ1) is 14.7. The lowest BCUT2D eigenvalue weighted by Crippen LogP contribution is -2.03. The number of allylic oxidation sites excluding steroid dienone is 2. The average Bonchev–Trinajstić information content (AvgIpc) is 3.16. The number of hydrogen-bond acceptors (Lipinski definition) is 5. The van der Waals surface area contributed by atoms with E-state index < -0.39 is 0 Å². The highest BCUT2D eigenvalue weighted by atomic mass is 32.2. The Labute approximate surface area is 143 Å². The van der Waals surface area contributed by atoms with Gasteiger partial charge in [-0.15, -0.1) is 11.3 Å². The van der Waals surface area contributed by atoms with Gasteiger partial charge in [0.2, 0.25) is 0 Å². The summed E-state index contributed by atoms with van der Waals surface area (Å²) in [6, 6.07) is 6.31. The Morgan fingerprint density at radius 2 is 2.26 bits per heavy atom. The fraction of sp³-hybridized carbons (Fsp3) is 0.222. The highest BCUT2D eigenvalue weighted by molar-refractivity contribution is 8.01. The zero-order chi connectivity index (χ0) is 15.6. The number of thioether (sulfide) groups is 1. The normalized spacial score (nSPS) is 18.9. The molecule has 0 bridgehead atoms. The predicted octanol–water partition coefficient (Wildman–Crippen LogP) is 4.66. The molecule has 2 aromatic rings. The van der Waals surface area contributed by atoms with Crippen LogP contribution in [0.2, 0.25) is 0 Å². The average molecular weight is 340 g/mol. The van der Waals surface area contributed by atoms with Crippen molar-refractivity contribution in [2.75, 3.05) is 12.4 Å². The van der Waals surface area contributed by atoms with E-state index >= 15 is 0 Å². The van der Waals surface area contributed by atoms with Crippen LogP contribution in [0, 0.1) is 0 Å². The van der Waals surface area contributed by atoms with E-state index in [0.29, 0.717) is 6.61 Å². The molecule has 1 aromatic heterocycles. The van der Waals surface area contributed by atoms with Crippen LogP contribution in [0.4, 0.5) is 0 Å². The van der Waals surface area contributed by atoms with E-state index in [9.17, 15) is 0 Å². The second-order valence-corrected chi connectivity index (χ2v) is 7.53. The van der Waals surface area contributed by atoms with Crippen molar-refractivity contribution >= 4 is 39.5 Å². The number of benzene rings is 1. The molecule has 0 amide bonds. The standard InChI is InChI=1S/C18H16N2OS2/c1-2-21-13-7-8-16-17(9-13)23-18(20-16)22-11-12-10-19-15-6-4-3-5-14(12)15/h3-10,15H,2,11H2,1H3. The highest BCUT2D eigenvalue weighted by Crippen LogP contribution is 2.34. The van der Waals surface area contributed by atoms with E-state index in [0.717, 1.165) is 21.4 Å². The smallest absolute Gasteiger partial charge is 0.151 e. The third-order valence-electron chi connectivity index (χ3n) is 3.76. The number of ether oxygens (including phenoxy) is 1. The van der Waals surface area contributed by atoms with Crippen LogP contribution >= 0.6 is 23.1 Å². The van der Waals surface area contributed by atoms with E-state index in [1.807, 2.05) is 25.3 Å². The number of hydrogen-bond donors (Lipinski definition) is 0. The van der Waals surface area contributed by atoms with Crippen LogP contribution in [-0.2, 0) is 0 Å². The van der Waals surface area contributed by atoms with Crippen molar-refractivity contribution in [2.45, 2.75) is 17.3 Å². The summed E-state index contributed by atoms with van der Waals surface area (Å²) in [4.78, 5) is 9.25. The quantitative estimate of drug-likeness (QED) is 0.742. The lowest BCUT2D eigenvalue weighted by Gasteiger charge is -2.08. The molecule has 4 rings (SSSR count). The molecule has 23 heavy (non-hydrogen) atoms. The molecule has 0 N–H and O–H groups in total. The summed E-state index contributed by atoms with van der Waals surface area (Å²) in [7, 11) is 0. The van der Waals surface area contributed by atoms with Crippen molar-refractivity contribution in [1.82, 2.24) is 4.98 Å². The first-order valence-corrected chi connectivity index (χ1v) is 9.41. The largest absolute Gasteiger partial charge is 0.494 e.